The van der Waals surface area contributed by atoms with E-state index >= 15 is 0 Å². The van der Waals surface area contributed by atoms with Gasteiger partial charge < -0.3 is 10.5 Å². The maximum atomic E-state index is 11.8. The molecule has 1 aliphatic heterocycles. The number of carbonyl (C=O) groups is 1. The maximum absolute atomic E-state index is 11.8. The van der Waals surface area contributed by atoms with Gasteiger partial charge in [-0.15, -0.1) is 0 Å². The molecule has 3 N–H and O–H groups in total. The van der Waals surface area contributed by atoms with E-state index in [-0.39, 0.29) is 12.0 Å². The summed E-state index contributed by atoms with van der Waals surface area (Å²) in [5, 5.41) is 5.51. The standard InChI is InChI=1S/C17H20N2O2/c18-17(20)16(19-11-15-6-3-9-21-15)14-8-7-12-4-1-2-5-13(12)10-14/h1-2,4-5,7-8,10,15-16,19H,3,6,9,11H2,(H2,18,20). The van der Waals surface area contributed by atoms with E-state index in [1.54, 1.807) is 0 Å². The molecule has 2 aromatic rings. The summed E-state index contributed by atoms with van der Waals surface area (Å²) in [6.45, 7) is 1.46. The number of primary amides is 1. The third kappa shape index (κ3) is 3.23. The minimum absolute atomic E-state index is 0.187. The molecule has 2 unspecified atom stereocenters. The van der Waals surface area contributed by atoms with Crippen LogP contribution >= 0.6 is 0 Å². The van der Waals surface area contributed by atoms with Crippen molar-refractivity contribution >= 4 is 16.7 Å². The molecule has 0 spiro atoms. The summed E-state index contributed by atoms with van der Waals surface area (Å²) in [6.07, 6.45) is 2.31. The molecule has 4 nitrogen and oxygen atoms in total. The third-order valence-corrected chi connectivity index (χ3v) is 3.97. The molecule has 21 heavy (non-hydrogen) atoms. The molecule has 0 radical (unpaired) electrons. The Labute approximate surface area is 124 Å². The Bertz CT molecular complexity index is 635. The molecule has 0 aliphatic carbocycles. The summed E-state index contributed by atoms with van der Waals surface area (Å²) in [4.78, 5) is 11.8. The predicted octanol–water partition coefficient (Wildman–Crippen LogP) is 2.13. The molecule has 2 atom stereocenters. The molecule has 0 saturated carbocycles. The van der Waals surface area contributed by atoms with Gasteiger partial charge in [-0.2, -0.15) is 0 Å². The number of fused-ring (bicyclic) bond motifs is 1. The van der Waals surface area contributed by atoms with Crippen LogP contribution in [0.1, 0.15) is 24.4 Å². The van der Waals surface area contributed by atoms with Crippen LogP contribution in [0.5, 0.6) is 0 Å². The van der Waals surface area contributed by atoms with Gasteiger partial charge in [0.25, 0.3) is 0 Å². The van der Waals surface area contributed by atoms with Gasteiger partial charge in [0.15, 0.2) is 0 Å². The van der Waals surface area contributed by atoms with Gasteiger partial charge in [-0.25, -0.2) is 0 Å². The second-order valence-electron chi connectivity index (χ2n) is 5.49. The molecule has 4 heteroatoms. The molecule has 1 amide bonds. The number of hydrogen-bond donors (Lipinski definition) is 2. The van der Waals surface area contributed by atoms with E-state index in [1.807, 2.05) is 36.4 Å². The van der Waals surface area contributed by atoms with Gasteiger partial charge in [0.1, 0.15) is 6.04 Å². The van der Waals surface area contributed by atoms with Crippen LogP contribution in [0.4, 0.5) is 0 Å². The Hall–Kier alpha value is -1.91. The number of ether oxygens (including phenoxy) is 1. The van der Waals surface area contributed by atoms with Crippen molar-refractivity contribution < 1.29 is 9.53 Å². The highest BCUT2D eigenvalue weighted by Gasteiger charge is 2.21. The average molecular weight is 284 g/mol. The number of nitrogens with one attached hydrogen (secondary N) is 1. The smallest absolute Gasteiger partial charge is 0.239 e. The van der Waals surface area contributed by atoms with Crippen LogP contribution in [0.25, 0.3) is 10.8 Å². The monoisotopic (exact) mass is 284 g/mol. The van der Waals surface area contributed by atoms with Gasteiger partial charge in [-0.3, -0.25) is 10.1 Å². The number of rotatable bonds is 5. The van der Waals surface area contributed by atoms with E-state index < -0.39 is 6.04 Å². The molecule has 1 fully saturated rings. The van der Waals surface area contributed by atoms with Crippen molar-refractivity contribution in [3.05, 3.63) is 48.0 Å². The Kier molecular flexibility index (Phi) is 4.18. The van der Waals surface area contributed by atoms with Crippen molar-refractivity contribution in [1.29, 1.82) is 0 Å². The predicted molar refractivity (Wildman–Crippen MR) is 82.9 cm³/mol. The van der Waals surface area contributed by atoms with Gasteiger partial charge in [0.05, 0.1) is 6.10 Å². The van der Waals surface area contributed by atoms with E-state index in [0.717, 1.165) is 35.8 Å². The van der Waals surface area contributed by atoms with Crippen molar-refractivity contribution in [2.24, 2.45) is 5.73 Å². The highest BCUT2D eigenvalue weighted by molar-refractivity contribution is 5.86. The van der Waals surface area contributed by atoms with Crippen molar-refractivity contribution in [2.75, 3.05) is 13.2 Å². The summed E-state index contributed by atoms with van der Waals surface area (Å²) in [6, 6.07) is 13.6. The van der Waals surface area contributed by atoms with Crippen molar-refractivity contribution in [3.8, 4) is 0 Å². The van der Waals surface area contributed by atoms with E-state index in [4.69, 9.17) is 10.5 Å². The zero-order valence-corrected chi connectivity index (χ0v) is 11.9. The number of hydrogen-bond acceptors (Lipinski definition) is 3. The summed E-state index contributed by atoms with van der Waals surface area (Å²) >= 11 is 0. The Morgan fingerprint density at radius 2 is 2.10 bits per heavy atom. The van der Waals surface area contributed by atoms with E-state index in [0.29, 0.717) is 6.54 Å². The van der Waals surface area contributed by atoms with Crippen LogP contribution < -0.4 is 11.1 Å². The number of nitrogens with two attached hydrogens (primary N) is 1. The quantitative estimate of drug-likeness (QED) is 0.884. The summed E-state index contributed by atoms with van der Waals surface area (Å²) < 4.78 is 5.57. The second-order valence-corrected chi connectivity index (χ2v) is 5.49. The zero-order valence-electron chi connectivity index (χ0n) is 11.9. The van der Waals surface area contributed by atoms with Gasteiger partial charge in [0.2, 0.25) is 5.91 Å². The summed E-state index contributed by atoms with van der Waals surface area (Å²) in [5.74, 6) is -0.358. The summed E-state index contributed by atoms with van der Waals surface area (Å²) in [7, 11) is 0. The minimum atomic E-state index is -0.473. The van der Waals surface area contributed by atoms with Crippen LogP contribution in [0.15, 0.2) is 42.5 Å². The van der Waals surface area contributed by atoms with Crippen LogP contribution in [-0.2, 0) is 9.53 Å². The van der Waals surface area contributed by atoms with Crippen molar-refractivity contribution in [1.82, 2.24) is 5.32 Å². The lowest BCUT2D eigenvalue weighted by atomic mass is 10.0. The molecule has 110 valence electrons. The molecular formula is C17H20N2O2. The molecule has 0 bridgehead atoms. The lowest BCUT2D eigenvalue weighted by molar-refractivity contribution is -0.120. The number of carbonyl (C=O) groups excluding carboxylic acids is 1. The van der Waals surface area contributed by atoms with Crippen LogP contribution in [-0.4, -0.2) is 25.2 Å². The van der Waals surface area contributed by atoms with E-state index in [1.165, 1.54) is 0 Å². The Balaban J connectivity index is 1.79. The Morgan fingerprint density at radius 1 is 1.29 bits per heavy atom. The molecular weight excluding hydrogens is 264 g/mol. The highest BCUT2D eigenvalue weighted by Crippen LogP contribution is 2.21. The largest absolute Gasteiger partial charge is 0.377 e. The fraction of sp³-hybridized carbons (Fsp3) is 0.353. The zero-order chi connectivity index (χ0) is 14.7. The van der Waals surface area contributed by atoms with Gasteiger partial charge in [-0.1, -0.05) is 36.4 Å². The molecule has 3 rings (SSSR count). The first kappa shape index (κ1) is 14.0. The molecule has 1 heterocycles. The first-order valence-corrected chi connectivity index (χ1v) is 7.37. The molecule has 1 saturated heterocycles. The average Bonchev–Trinajstić information content (AvgIpc) is 3.00. The van der Waals surface area contributed by atoms with Crippen LogP contribution in [0.2, 0.25) is 0 Å². The van der Waals surface area contributed by atoms with Gasteiger partial charge >= 0.3 is 0 Å². The summed E-state index contributed by atoms with van der Waals surface area (Å²) in [5.41, 5.74) is 6.46. The van der Waals surface area contributed by atoms with Gasteiger partial charge in [0, 0.05) is 13.2 Å². The number of benzene rings is 2. The molecule has 2 aromatic carbocycles. The van der Waals surface area contributed by atoms with Crippen molar-refractivity contribution in [2.45, 2.75) is 25.0 Å². The third-order valence-electron chi connectivity index (χ3n) is 3.97. The lowest BCUT2D eigenvalue weighted by Gasteiger charge is -2.19. The molecule has 1 aliphatic rings. The first-order chi connectivity index (χ1) is 10.2. The fourth-order valence-corrected chi connectivity index (χ4v) is 2.82. The second kappa shape index (κ2) is 6.24. The SMILES string of the molecule is NC(=O)C(NCC1CCCO1)c1ccc2ccccc2c1. The lowest BCUT2D eigenvalue weighted by Crippen LogP contribution is -2.37. The number of amides is 1. The Morgan fingerprint density at radius 3 is 2.81 bits per heavy atom. The topological polar surface area (TPSA) is 64.4 Å². The first-order valence-electron chi connectivity index (χ1n) is 7.37. The maximum Gasteiger partial charge on any atom is 0.239 e. The van der Waals surface area contributed by atoms with Crippen LogP contribution in [0, 0.1) is 0 Å². The van der Waals surface area contributed by atoms with E-state index in [9.17, 15) is 4.79 Å². The fourth-order valence-electron chi connectivity index (χ4n) is 2.82. The van der Waals surface area contributed by atoms with Crippen molar-refractivity contribution in [3.63, 3.8) is 0 Å². The minimum Gasteiger partial charge on any atom is -0.377 e. The normalized spacial score (nSPS) is 19.7. The van der Waals surface area contributed by atoms with Gasteiger partial charge in [-0.05, 0) is 35.2 Å². The molecule has 0 aromatic heterocycles. The van der Waals surface area contributed by atoms with E-state index in [2.05, 4.69) is 11.4 Å². The highest BCUT2D eigenvalue weighted by atomic mass is 16.5. The van der Waals surface area contributed by atoms with Crippen LogP contribution in [0.3, 0.4) is 0 Å².